The van der Waals surface area contributed by atoms with Gasteiger partial charge >= 0.3 is 0 Å². The van der Waals surface area contributed by atoms with Crippen molar-refractivity contribution in [3.63, 3.8) is 0 Å². The number of ether oxygens (including phenoxy) is 4. The van der Waals surface area contributed by atoms with Gasteiger partial charge in [0.05, 0.1) is 62.0 Å². The van der Waals surface area contributed by atoms with Crippen LogP contribution in [0.1, 0.15) is 51.4 Å². The molecule has 2 saturated carbocycles. The fraction of sp³-hybridized carbons (Fsp3) is 0.512. The lowest BCUT2D eigenvalue weighted by Crippen LogP contribution is -2.56. The van der Waals surface area contributed by atoms with Crippen molar-refractivity contribution in [3.05, 3.63) is 66.6 Å². The molecule has 1 unspecified atom stereocenters. The quantitative estimate of drug-likeness (QED) is 0.182. The summed E-state index contributed by atoms with van der Waals surface area (Å²) in [6.45, 7) is 5.68. The number of hydrogen-bond acceptors (Lipinski definition) is 14. The molecule has 2 aliphatic carbocycles. The molecule has 1 atom stereocenters. The number of nitrogens with two attached hydrogens (primary N) is 1. The first-order valence-electron chi connectivity index (χ1n) is 20.1. The number of nitrogens with zero attached hydrogens (tertiary/aromatic N) is 9. The van der Waals surface area contributed by atoms with Gasteiger partial charge in [0, 0.05) is 74.0 Å². The largest absolute Gasteiger partial charge is 0.488 e. The van der Waals surface area contributed by atoms with Gasteiger partial charge in [-0.15, -0.1) is 0 Å². The van der Waals surface area contributed by atoms with Crippen LogP contribution >= 0.6 is 11.6 Å². The Labute approximate surface area is 331 Å². The number of rotatable bonds is 10. The molecule has 4 aliphatic rings. The Balaban J connectivity index is 0.934. The number of anilines is 3. The van der Waals surface area contributed by atoms with E-state index in [1.54, 1.807) is 37.2 Å². The third kappa shape index (κ3) is 8.11. The number of aromatic nitrogens is 6. The molecule has 294 valence electrons. The number of morpholine rings is 2. The van der Waals surface area contributed by atoms with Crippen LogP contribution in [-0.4, -0.2) is 107 Å². The highest BCUT2D eigenvalue weighted by atomic mass is 35.5. The Bertz CT molecular complexity index is 2110. The van der Waals surface area contributed by atoms with E-state index < -0.39 is 0 Å². The highest BCUT2D eigenvalue weighted by Crippen LogP contribution is 2.38. The van der Waals surface area contributed by atoms with Crippen LogP contribution in [0.3, 0.4) is 0 Å². The summed E-state index contributed by atoms with van der Waals surface area (Å²) < 4.78 is 25.7. The summed E-state index contributed by atoms with van der Waals surface area (Å²) in [4.78, 5) is 34.8. The maximum absolute atomic E-state index is 6.79. The molecule has 0 radical (unpaired) electrons. The van der Waals surface area contributed by atoms with E-state index in [2.05, 4.69) is 58.9 Å². The van der Waals surface area contributed by atoms with Crippen LogP contribution in [-0.2, 0) is 9.47 Å². The van der Waals surface area contributed by atoms with Gasteiger partial charge in [0.25, 0.3) is 0 Å². The van der Waals surface area contributed by atoms with Crippen LogP contribution in [0.2, 0.25) is 5.15 Å². The van der Waals surface area contributed by atoms with E-state index in [-0.39, 0.29) is 24.5 Å². The van der Waals surface area contributed by atoms with Crippen LogP contribution in [0.15, 0.2) is 61.4 Å². The van der Waals surface area contributed by atoms with E-state index in [0.29, 0.717) is 43.3 Å². The predicted molar refractivity (Wildman–Crippen MR) is 216 cm³/mol. The first-order valence-corrected chi connectivity index (χ1v) is 20.4. The zero-order valence-electron chi connectivity index (χ0n) is 31.6. The summed E-state index contributed by atoms with van der Waals surface area (Å²) in [6.07, 6.45) is 17.7. The Kier molecular flexibility index (Phi) is 11.1. The van der Waals surface area contributed by atoms with Crippen LogP contribution in [0.25, 0.3) is 22.1 Å². The van der Waals surface area contributed by atoms with Crippen LogP contribution in [0.5, 0.6) is 11.5 Å². The standard InChI is InChI=1S/C41H49ClN10O4/c42-37-24-44-25-38(49-37)52(28-3-7-32(8-4-28)56-35-21-29(50-13-16-53-17-14-50)19-33-40(35)47-11-9-45-33)39-26-51(15-18-54-39)30-20-34-41(48-12-10-46-34)36(22-30)55-31-5-1-27(23-43)2-6-31/h9-12,19-22,24-25,27-28,31-32,39H,1-8,13-18,23,26,43H2. The zero-order valence-corrected chi connectivity index (χ0v) is 32.3. The van der Waals surface area contributed by atoms with Crippen molar-refractivity contribution < 1.29 is 18.9 Å². The molecule has 0 bridgehead atoms. The maximum atomic E-state index is 6.79. The van der Waals surface area contributed by atoms with Crippen molar-refractivity contribution in [2.45, 2.75) is 75.8 Å². The smallest absolute Gasteiger partial charge is 0.151 e. The van der Waals surface area contributed by atoms with Crippen molar-refractivity contribution in [3.8, 4) is 11.5 Å². The zero-order chi connectivity index (χ0) is 37.8. The summed E-state index contributed by atoms with van der Waals surface area (Å²) in [7, 11) is 0. The molecule has 9 rings (SSSR count). The van der Waals surface area contributed by atoms with E-state index >= 15 is 0 Å². The molecular weight excluding hydrogens is 732 g/mol. The summed E-state index contributed by atoms with van der Waals surface area (Å²) in [6, 6.07) is 8.59. The number of fused-ring (bicyclic) bond motifs is 2. The van der Waals surface area contributed by atoms with Gasteiger partial charge in [0.1, 0.15) is 33.9 Å². The van der Waals surface area contributed by atoms with E-state index in [0.717, 1.165) is 122 Å². The van der Waals surface area contributed by atoms with Gasteiger partial charge in [0.2, 0.25) is 0 Å². The molecule has 5 aromatic rings. The summed E-state index contributed by atoms with van der Waals surface area (Å²) in [5, 5.41) is 0.348. The van der Waals surface area contributed by atoms with Gasteiger partial charge in [0.15, 0.2) is 5.82 Å². The van der Waals surface area contributed by atoms with Gasteiger partial charge in [-0.3, -0.25) is 15.0 Å². The topological polar surface area (TPSA) is 150 Å². The molecule has 2 saturated heterocycles. The minimum absolute atomic E-state index is 0.0231. The highest BCUT2D eigenvalue weighted by molar-refractivity contribution is 6.29. The molecule has 14 nitrogen and oxygen atoms in total. The summed E-state index contributed by atoms with van der Waals surface area (Å²) in [5.41, 5.74) is 11.3. The molecule has 2 aromatic carbocycles. The third-order valence-corrected chi connectivity index (χ3v) is 11.9. The second-order valence-corrected chi connectivity index (χ2v) is 15.6. The molecule has 2 N–H and O–H groups in total. The first-order chi connectivity index (χ1) is 27.6. The summed E-state index contributed by atoms with van der Waals surface area (Å²) >= 11 is 6.46. The third-order valence-electron chi connectivity index (χ3n) is 11.8. The molecule has 4 fully saturated rings. The van der Waals surface area contributed by atoms with Crippen molar-refractivity contribution >= 4 is 50.9 Å². The Hall–Kier alpha value is -4.63. The van der Waals surface area contributed by atoms with Gasteiger partial charge < -0.3 is 39.4 Å². The van der Waals surface area contributed by atoms with Crippen LogP contribution < -0.4 is 29.9 Å². The van der Waals surface area contributed by atoms with Crippen LogP contribution in [0, 0.1) is 5.92 Å². The maximum Gasteiger partial charge on any atom is 0.151 e. The van der Waals surface area contributed by atoms with Crippen molar-refractivity contribution in [1.29, 1.82) is 0 Å². The van der Waals surface area contributed by atoms with E-state index in [4.69, 9.17) is 46.3 Å². The molecule has 5 heterocycles. The van der Waals surface area contributed by atoms with E-state index in [1.165, 1.54) is 0 Å². The lowest BCUT2D eigenvalue weighted by molar-refractivity contribution is 0.0263. The average Bonchev–Trinajstić information content (AvgIpc) is 3.25. The monoisotopic (exact) mass is 780 g/mol. The van der Waals surface area contributed by atoms with Gasteiger partial charge in [-0.1, -0.05) is 11.6 Å². The molecule has 56 heavy (non-hydrogen) atoms. The fourth-order valence-corrected chi connectivity index (χ4v) is 8.91. The molecule has 0 spiro atoms. The minimum Gasteiger partial charge on any atom is -0.488 e. The second-order valence-electron chi connectivity index (χ2n) is 15.3. The first kappa shape index (κ1) is 37.0. The molecule has 15 heteroatoms. The molecular formula is C41H49ClN10O4. The second kappa shape index (κ2) is 16.8. The van der Waals surface area contributed by atoms with Gasteiger partial charge in [-0.05, 0) is 76.0 Å². The Morgan fingerprint density at radius 2 is 1.30 bits per heavy atom. The van der Waals surface area contributed by atoms with E-state index in [1.807, 2.05) is 0 Å². The fourth-order valence-electron chi connectivity index (χ4n) is 8.77. The van der Waals surface area contributed by atoms with Crippen molar-refractivity contribution in [2.75, 3.05) is 67.2 Å². The number of halogens is 1. The minimum atomic E-state index is -0.295. The SMILES string of the molecule is NCC1CCC(Oc2cc(N3CCOC(N(c4cncc(Cl)n4)C4CCC(Oc5cc(N6CCOCC6)cc6nccnc56)CC4)C3)cc3nccnc23)CC1. The van der Waals surface area contributed by atoms with Crippen LogP contribution in [0.4, 0.5) is 17.2 Å². The van der Waals surface area contributed by atoms with Crippen molar-refractivity contribution in [2.24, 2.45) is 11.7 Å². The van der Waals surface area contributed by atoms with E-state index in [9.17, 15) is 0 Å². The lowest BCUT2D eigenvalue weighted by atomic mass is 9.87. The molecule has 2 aliphatic heterocycles. The number of hydrogen-bond donors (Lipinski definition) is 1. The highest BCUT2D eigenvalue weighted by Gasteiger charge is 2.36. The van der Waals surface area contributed by atoms with Gasteiger partial charge in [-0.2, -0.15) is 0 Å². The number of benzene rings is 2. The lowest BCUT2D eigenvalue weighted by Gasteiger charge is -2.45. The average molecular weight is 781 g/mol. The molecule has 3 aromatic heterocycles. The Morgan fingerprint density at radius 3 is 1.93 bits per heavy atom. The Morgan fingerprint density at radius 1 is 0.714 bits per heavy atom. The predicted octanol–water partition coefficient (Wildman–Crippen LogP) is 5.81. The summed E-state index contributed by atoms with van der Waals surface area (Å²) in [5.74, 6) is 2.83. The molecule has 0 amide bonds. The van der Waals surface area contributed by atoms with Gasteiger partial charge in [-0.25, -0.2) is 15.0 Å². The van der Waals surface area contributed by atoms with Crippen molar-refractivity contribution in [1.82, 2.24) is 29.9 Å². The normalized spacial score (nSPS) is 24.6.